The molecule has 1 aromatic heterocycles. The summed E-state index contributed by atoms with van der Waals surface area (Å²) in [6.07, 6.45) is 3.06. The first-order valence-electron chi connectivity index (χ1n) is 9.69. The van der Waals surface area contributed by atoms with Crippen LogP contribution < -0.4 is 11.1 Å². The fraction of sp³-hybridized carbons (Fsp3) is 0.333. The Kier molecular flexibility index (Phi) is 6.66. The number of hydrogen-bond acceptors (Lipinski definition) is 5. The second-order valence-electron chi connectivity index (χ2n) is 7.43. The highest BCUT2D eigenvalue weighted by molar-refractivity contribution is 5.85. The Morgan fingerprint density at radius 2 is 2.17 bits per heavy atom. The van der Waals surface area contributed by atoms with Crippen LogP contribution in [-0.2, 0) is 17.6 Å². The van der Waals surface area contributed by atoms with Gasteiger partial charge in [-0.25, -0.2) is 9.07 Å². The number of anilines is 1. The Balaban J connectivity index is 0.00000256. The topological polar surface area (TPSA) is 98.7 Å². The van der Waals surface area contributed by atoms with Crippen molar-refractivity contribution in [1.29, 1.82) is 0 Å². The molecule has 1 aliphatic rings. The fourth-order valence-corrected chi connectivity index (χ4v) is 3.96. The first-order chi connectivity index (χ1) is 14.0. The standard InChI is InChI=1S/C21H23FN6O.ClH/c1-13-25-26-27-28(13)20(11-14-4-2-6-16(22)10-14)21(29)24-19-7-3-5-15-12-17(23)8-9-18(15)19;/h2,4,6,8-10,12,19-20H,3,5,7,11,23H2,1H3,(H,24,29);1H. The number of rotatable bonds is 5. The number of nitrogens with zero attached hydrogens (tertiary/aromatic N) is 4. The number of aryl methyl sites for hydroxylation is 2. The molecule has 0 aliphatic heterocycles. The molecule has 7 nitrogen and oxygen atoms in total. The molecule has 0 radical (unpaired) electrons. The van der Waals surface area contributed by atoms with Gasteiger partial charge in [-0.15, -0.1) is 17.5 Å². The molecule has 0 bridgehead atoms. The first-order valence-corrected chi connectivity index (χ1v) is 9.69. The number of amides is 1. The van der Waals surface area contributed by atoms with Gasteiger partial charge >= 0.3 is 0 Å². The van der Waals surface area contributed by atoms with Gasteiger partial charge in [0.2, 0.25) is 5.91 Å². The molecule has 1 aliphatic carbocycles. The lowest BCUT2D eigenvalue weighted by atomic mass is 9.87. The summed E-state index contributed by atoms with van der Waals surface area (Å²) < 4.78 is 15.1. The summed E-state index contributed by atoms with van der Waals surface area (Å²) in [4.78, 5) is 13.3. The number of aromatic nitrogens is 4. The molecule has 2 aromatic carbocycles. The summed E-state index contributed by atoms with van der Waals surface area (Å²) in [5.41, 5.74) is 9.61. The first kappa shape index (κ1) is 21.7. The molecule has 30 heavy (non-hydrogen) atoms. The molecular weight excluding hydrogens is 407 g/mol. The van der Waals surface area contributed by atoms with E-state index in [1.165, 1.54) is 22.4 Å². The second kappa shape index (κ2) is 9.21. The van der Waals surface area contributed by atoms with Crippen LogP contribution in [0.2, 0.25) is 0 Å². The summed E-state index contributed by atoms with van der Waals surface area (Å²) in [7, 11) is 0. The average Bonchev–Trinajstić information content (AvgIpc) is 3.11. The Morgan fingerprint density at radius 1 is 1.33 bits per heavy atom. The van der Waals surface area contributed by atoms with Crippen LogP contribution in [0.15, 0.2) is 42.5 Å². The minimum absolute atomic E-state index is 0. The predicted octanol–water partition coefficient (Wildman–Crippen LogP) is 3.10. The third-order valence-electron chi connectivity index (χ3n) is 5.37. The number of hydrogen-bond donors (Lipinski definition) is 2. The maximum absolute atomic E-state index is 13.7. The molecule has 1 heterocycles. The Hall–Kier alpha value is -3.00. The largest absolute Gasteiger partial charge is 0.399 e. The van der Waals surface area contributed by atoms with E-state index in [0.717, 1.165) is 30.5 Å². The van der Waals surface area contributed by atoms with Gasteiger partial charge in [0.1, 0.15) is 17.7 Å². The molecule has 0 saturated heterocycles. The van der Waals surface area contributed by atoms with Gasteiger partial charge in [0.25, 0.3) is 0 Å². The summed E-state index contributed by atoms with van der Waals surface area (Å²) in [5, 5.41) is 14.7. The van der Waals surface area contributed by atoms with E-state index in [1.54, 1.807) is 19.1 Å². The van der Waals surface area contributed by atoms with Crippen LogP contribution >= 0.6 is 12.4 Å². The number of carbonyl (C=O) groups excluding carboxylic acids is 1. The van der Waals surface area contributed by atoms with Crippen molar-refractivity contribution in [3.63, 3.8) is 0 Å². The molecule has 3 N–H and O–H groups in total. The lowest BCUT2D eigenvalue weighted by Crippen LogP contribution is -2.38. The minimum atomic E-state index is -0.675. The fourth-order valence-electron chi connectivity index (χ4n) is 3.96. The highest BCUT2D eigenvalue weighted by Crippen LogP contribution is 2.31. The van der Waals surface area contributed by atoms with Gasteiger partial charge in [0.15, 0.2) is 0 Å². The normalized spacial score (nSPS) is 16.3. The minimum Gasteiger partial charge on any atom is -0.399 e. The number of carbonyl (C=O) groups is 1. The van der Waals surface area contributed by atoms with Gasteiger partial charge in [0.05, 0.1) is 6.04 Å². The van der Waals surface area contributed by atoms with Crippen LogP contribution in [0, 0.1) is 12.7 Å². The van der Waals surface area contributed by atoms with E-state index in [-0.39, 0.29) is 36.6 Å². The predicted molar refractivity (Wildman–Crippen MR) is 114 cm³/mol. The van der Waals surface area contributed by atoms with Crippen molar-refractivity contribution in [3.05, 3.63) is 70.8 Å². The summed E-state index contributed by atoms with van der Waals surface area (Å²) in [6.45, 7) is 1.74. The van der Waals surface area contributed by atoms with Gasteiger partial charge in [-0.05, 0) is 77.6 Å². The smallest absolute Gasteiger partial charge is 0.245 e. The molecule has 3 aromatic rings. The van der Waals surface area contributed by atoms with Gasteiger partial charge < -0.3 is 11.1 Å². The van der Waals surface area contributed by atoms with Gasteiger partial charge in [0, 0.05) is 12.1 Å². The van der Waals surface area contributed by atoms with Crippen LogP contribution in [-0.4, -0.2) is 26.1 Å². The Labute approximate surface area is 180 Å². The Morgan fingerprint density at radius 3 is 2.90 bits per heavy atom. The summed E-state index contributed by atoms with van der Waals surface area (Å²) in [6, 6.07) is 11.3. The molecule has 4 rings (SSSR count). The van der Waals surface area contributed by atoms with Crippen LogP contribution in [0.25, 0.3) is 0 Å². The number of tetrazole rings is 1. The quantitative estimate of drug-likeness (QED) is 0.606. The molecule has 158 valence electrons. The number of nitrogen functional groups attached to an aromatic ring is 1. The van der Waals surface area contributed by atoms with Crippen LogP contribution in [0.5, 0.6) is 0 Å². The average molecular weight is 431 g/mol. The molecular formula is C21H24ClFN6O. The molecule has 1 amide bonds. The van der Waals surface area contributed by atoms with Gasteiger partial charge in [-0.2, -0.15) is 0 Å². The van der Waals surface area contributed by atoms with E-state index in [1.807, 2.05) is 18.2 Å². The van der Waals surface area contributed by atoms with Crippen molar-refractivity contribution in [1.82, 2.24) is 25.5 Å². The number of nitrogens with one attached hydrogen (secondary N) is 1. The molecule has 0 fully saturated rings. The number of benzene rings is 2. The van der Waals surface area contributed by atoms with Crippen molar-refractivity contribution >= 4 is 24.0 Å². The molecule has 2 unspecified atom stereocenters. The highest BCUT2D eigenvalue weighted by atomic mass is 35.5. The van der Waals surface area contributed by atoms with E-state index < -0.39 is 6.04 Å². The van der Waals surface area contributed by atoms with E-state index in [4.69, 9.17) is 5.73 Å². The van der Waals surface area contributed by atoms with Crippen molar-refractivity contribution in [2.75, 3.05) is 5.73 Å². The SMILES string of the molecule is Cc1nnnn1C(Cc1cccc(F)c1)C(=O)NC1CCCc2cc(N)ccc21.Cl. The monoisotopic (exact) mass is 430 g/mol. The molecule has 0 saturated carbocycles. The van der Waals surface area contributed by atoms with Crippen molar-refractivity contribution in [2.45, 2.75) is 44.7 Å². The lowest BCUT2D eigenvalue weighted by Gasteiger charge is -2.28. The molecule has 9 heteroatoms. The third kappa shape index (κ3) is 4.59. The zero-order valence-electron chi connectivity index (χ0n) is 16.6. The van der Waals surface area contributed by atoms with Gasteiger partial charge in [-0.3, -0.25) is 4.79 Å². The van der Waals surface area contributed by atoms with Crippen LogP contribution in [0.3, 0.4) is 0 Å². The lowest BCUT2D eigenvalue weighted by molar-refractivity contribution is -0.125. The number of nitrogens with two attached hydrogens (primary N) is 1. The second-order valence-corrected chi connectivity index (χ2v) is 7.43. The van der Waals surface area contributed by atoms with E-state index in [2.05, 4.69) is 20.8 Å². The number of fused-ring (bicyclic) bond motifs is 1. The molecule has 0 spiro atoms. The van der Waals surface area contributed by atoms with Crippen LogP contribution in [0.1, 0.15) is 47.4 Å². The maximum atomic E-state index is 13.7. The maximum Gasteiger partial charge on any atom is 0.245 e. The zero-order chi connectivity index (χ0) is 20.4. The Bertz CT molecular complexity index is 1040. The summed E-state index contributed by atoms with van der Waals surface area (Å²) >= 11 is 0. The van der Waals surface area contributed by atoms with Gasteiger partial charge in [-0.1, -0.05) is 18.2 Å². The van der Waals surface area contributed by atoms with Crippen molar-refractivity contribution in [3.8, 4) is 0 Å². The zero-order valence-corrected chi connectivity index (χ0v) is 17.4. The van der Waals surface area contributed by atoms with Crippen LogP contribution in [0.4, 0.5) is 10.1 Å². The van der Waals surface area contributed by atoms with Crippen molar-refractivity contribution in [2.24, 2.45) is 0 Å². The van der Waals surface area contributed by atoms with E-state index in [0.29, 0.717) is 11.4 Å². The molecule has 2 atom stereocenters. The van der Waals surface area contributed by atoms with E-state index in [9.17, 15) is 9.18 Å². The van der Waals surface area contributed by atoms with E-state index >= 15 is 0 Å². The number of halogens is 2. The third-order valence-corrected chi connectivity index (χ3v) is 5.37. The summed E-state index contributed by atoms with van der Waals surface area (Å²) in [5.74, 6) is -0.00778. The highest BCUT2D eigenvalue weighted by Gasteiger charge is 2.29. The van der Waals surface area contributed by atoms with Crippen molar-refractivity contribution < 1.29 is 9.18 Å².